The summed E-state index contributed by atoms with van der Waals surface area (Å²) in [4.78, 5) is 1.66. The van der Waals surface area contributed by atoms with E-state index in [4.69, 9.17) is 23.2 Å². The van der Waals surface area contributed by atoms with Crippen molar-refractivity contribution in [3.8, 4) is 0 Å². The highest BCUT2D eigenvalue weighted by Crippen LogP contribution is 2.16. The van der Waals surface area contributed by atoms with Crippen LogP contribution in [0.3, 0.4) is 0 Å². The number of nitrogens with zero attached hydrogens (tertiary/aromatic N) is 8. The Morgan fingerprint density at radius 1 is 0.500 bits per heavy atom. The molecular formula is C40H32Cl2N10. The van der Waals surface area contributed by atoms with E-state index in [2.05, 4.69) is 41.6 Å². The maximum absolute atomic E-state index is 6.03. The number of nitrogens with one attached hydrogen (secondary N) is 2. The summed E-state index contributed by atoms with van der Waals surface area (Å²) < 4.78 is 1.84. The van der Waals surface area contributed by atoms with Crippen LogP contribution in [-0.2, 0) is 13.1 Å². The molecule has 0 aliphatic carbocycles. The van der Waals surface area contributed by atoms with E-state index in [0.29, 0.717) is 23.1 Å². The second-order valence-electron chi connectivity index (χ2n) is 11.5. The van der Waals surface area contributed by atoms with Gasteiger partial charge < -0.3 is 0 Å². The predicted octanol–water partition coefficient (Wildman–Crippen LogP) is 9.20. The monoisotopic (exact) mass is 722 g/mol. The summed E-state index contributed by atoms with van der Waals surface area (Å²) in [6.07, 6.45) is 0. The molecule has 0 aliphatic heterocycles. The first-order valence-electron chi connectivity index (χ1n) is 16.4. The third-order valence-corrected chi connectivity index (χ3v) is 8.39. The molecule has 0 saturated heterocycles. The maximum Gasteiger partial charge on any atom is 0.113 e. The Bertz CT molecular complexity index is 2380. The third-order valence-electron chi connectivity index (χ3n) is 7.88. The number of anilines is 2. The third kappa shape index (κ3) is 8.86. The Morgan fingerprint density at radius 3 is 1.46 bits per heavy atom. The molecule has 2 heterocycles. The van der Waals surface area contributed by atoms with Gasteiger partial charge in [-0.15, -0.1) is 5.10 Å². The van der Waals surface area contributed by atoms with Gasteiger partial charge in [0.15, 0.2) is 0 Å². The van der Waals surface area contributed by atoms with Crippen molar-refractivity contribution in [2.45, 2.75) is 13.1 Å². The van der Waals surface area contributed by atoms with E-state index in [0.717, 1.165) is 56.0 Å². The average molecular weight is 724 g/mol. The summed E-state index contributed by atoms with van der Waals surface area (Å²) in [7, 11) is 0. The van der Waals surface area contributed by atoms with Crippen molar-refractivity contribution in [1.82, 2.24) is 30.0 Å². The predicted molar refractivity (Wildman–Crippen MR) is 211 cm³/mol. The van der Waals surface area contributed by atoms with Crippen LogP contribution in [0.4, 0.5) is 11.4 Å². The number of para-hydroxylation sites is 3. The standard InChI is InChI=1S/2C20H16ClN5/c21-16-12-10-15(11-13-16)19(23-22-17-6-2-1-3-7-17)14-26-20-9-5-4-8-18(20)24-25-26;21-16-12-10-15(11-13-16)20(23-22-17-6-2-1-3-7-17)14-26-24-18-8-4-5-9-19(18)25-26/h2*1-13,22H,14H2/b23-19-;23-20-. The molecule has 52 heavy (non-hydrogen) atoms. The average Bonchev–Trinajstić information content (AvgIpc) is 3.80. The van der Waals surface area contributed by atoms with Gasteiger partial charge in [0.1, 0.15) is 23.1 Å². The topological polar surface area (TPSA) is 110 Å². The Morgan fingerprint density at radius 2 is 0.942 bits per heavy atom. The largest absolute Gasteiger partial charge is 0.278 e. The van der Waals surface area contributed by atoms with Crippen LogP contribution in [0.2, 0.25) is 10.0 Å². The van der Waals surface area contributed by atoms with Crippen molar-refractivity contribution >= 4 is 68.1 Å². The summed E-state index contributed by atoms with van der Waals surface area (Å²) in [6.45, 7) is 0.929. The van der Waals surface area contributed by atoms with Crippen molar-refractivity contribution in [3.05, 3.63) is 179 Å². The van der Waals surface area contributed by atoms with Crippen LogP contribution in [0, 0.1) is 0 Å². The van der Waals surface area contributed by atoms with E-state index in [1.54, 1.807) is 4.80 Å². The van der Waals surface area contributed by atoms with Gasteiger partial charge in [-0.1, -0.05) is 113 Å². The van der Waals surface area contributed by atoms with Crippen LogP contribution in [0.15, 0.2) is 168 Å². The van der Waals surface area contributed by atoms with E-state index in [1.807, 2.05) is 162 Å². The summed E-state index contributed by atoms with van der Waals surface area (Å²) in [5, 5.41) is 28.1. The number of hydrazone groups is 2. The molecule has 10 nitrogen and oxygen atoms in total. The number of rotatable bonds is 10. The first-order chi connectivity index (χ1) is 25.6. The van der Waals surface area contributed by atoms with Gasteiger partial charge in [-0.25, -0.2) is 4.68 Å². The summed E-state index contributed by atoms with van der Waals surface area (Å²) >= 11 is 12.0. The number of hydrogen-bond donors (Lipinski definition) is 2. The van der Waals surface area contributed by atoms with Gasteiger partial charge >= 0.3 is 0 Å². The summed E-state index contributed by atoms with van der Waals surface area (Å²) in [6, 6.07) is 50.5. The fourth-order valence-corrected chi connectivity index (χ4v) is 5.49. The Kier molecular flexibility index (Phi) is 10.9. The fraction of sp³-hybridized carbons (Fsp3) is 0.0500. The Balaban J connectivity index is 0.000000162. The normalized spacial score (nSPS) is 11.7. The Labute approximate surface area is 310 Å². The molecule has 0 atom stereocenters. The van der Waals surface area contributed by atoms with Crippen molar-refractivity contribution in [3.63, 3.8) is 0 Å². The van der Waals surface area contributed by atoms with Crippen molar-refractivity contribution in [2.24, 2.45) is 10.2 Å². The SMILES string of the molecule is Clc1ccc(/C(Cn2nc3ccccc3n2)=N\Nc2ccccc2)cc1.Clc1ccc(/C(Cn2nnc3ccccc32)=N\Nc2ccccc2)cc1. The number of halogens is 2. The smallest absolute Gasteiger partial charge is 0.113 e. The minimum absolute atomic E-state index is 0.441. The zero-order valence-corrected chi connectivity index (χ0v) is 29.3. The van der Waals surface area contributed by atoms with Crippen LogP contribution >= 0.6 is 23.2 Å². The number of aromatic nitrogens is 6. The molecule has 256 valence electrons. The van der Waals surface area contributed by atoms with Gasteiger partial charge in [0, 0.05) is 10.0 Å². The fourth-order valence-electron chi connectivity index (χ4n) is 5.24. The van der Waals surface area contributed by atoms with E-state index in [1.165, 1.54) is 0 Å². The van der Waals surface area contributed by atoms with Crippen LogP contribution in [0.5, 0.6) is 0 Å². The summed E-state index contributed by atoms with van der Waals surface area (Å²) in [5.41, 5.74) is 15.2. The van der Waals surface area contributed by atoms with Gasteiger partial charge in [-0.05, 0) is 83.9 Å². The van der Waals surface area contributed by atoms with Crippen molar-refractivity contribution in [1.29, 1.82) is 0 Å². The lowest BCUT2D eigenvalue weighted by molar-refractivity contribution is 0.629. The number of benzene rings is 6. The zero-order valence-electron chi connectivity index (χ0n) is 27.8. The van der Waals surface area contributed by atoms with E-state index < -0.39 is 0 Å². The highest BCUT2D eigenvalue weighted by Gasteiger charge is 2.11. The second kappa shape index (κ2) is 16.6. The highest BCUT2D eigenvalue weighted by atomic mass is 35.5. The van der Waals surface area contributed by atoms with Gasteiger partial charge in [0.2, 0.25) is 0 Å². The van der Waals surface area contributed by atoms with Crippen LogP contribution in [0.1, 0.15) is 11.1 Å². The number of fused-ring (bicyclic) bond motifs is 2. The minimum Gasteiger partial charge on any atom is -0.278 e. The lowest BCUT2D eigenvalue weighted by atomic mass is 10.1. The molecule has 0 spiro atoms. The maximum atomic E-state index is 6.03. The van der Waals surface area contributed by atoms with E-state index in [9.17, 15) is 0 Å². The molecule has 0 fully saturated rings. The molecule has 8 aromatic rings. The molecule has 0 radical (unpaired) electrons. The van der Waals surface area contributed by atoms with Crippen LogP contribution < -0.4 is 10.9 Å². The van der Waals surface area contributed by atoms with Gasteiger partial charge in [-0.3, -0.25) is 10.9 Å². The molecule has 0 unspecified atom stereocenters. The lowest BCUT2D eigenvalue weighted by Gasteiger charge is -2.09. The minimum atomic E-state index is 0.441. The van der Waals surface area contributed by atoms with E-state index >= 15 is 0 Å². The first kappa shape index (κ1) is 34.1. The molecule has 0 amide bonds. The van der Waals surface area contributed by atoms with Crippen molar-refractivity contribution < 1.29 is 0 Å². The second-order valence-corrected chi connectivity index (χ2v) is 12.4. The molecule has 0 aliphatic rings. The Hall–Kier alpha value is -6.36. The number of hydrogen-bond acceptors (Lipinski definition) is 8. The highest BCUT2D eigenvalue weighted by molar-refractivity contribution is 6.31. The quantitative estimate of drug-likeness (QED) is 0.108. The molecule has 12 heteroatoms. The summed E-state index contributed by atoms with van der Waals surface area (Å²) in [5.74, 6) is 0. The zero-order chi connectivity index (χ0) is 35.5. The molecule has 2 aromatic heterocycles. The van der Waals surface area contributed by atoms with E-state index in [-0.39, 0.29) is 0 Å². The van der Waals surface area contributed by atoms with Gasteiger partial charge in [-0.2, -0.15) is 25.2 Å². The molecule has 2 N–H and O–H groups in total. The van der Waals surface area contributed by atoms with Gasteiger partial charge in [0.05, 0.1) is 34.9 Å². The van der Waals surface area contributed by atoms with Crippen LogP contribution in [-0.4, -0.2) is 41.4 Å². The molecular weight excluding hydrogens is 691 g/mol. The molecule has 8 rings (SSSR count). The lowest BCUT2D eigenvalue weighted by Crippen LogP contribution is -2.15. The first-order valence-corrected chi connectivity index (χ1v) is 17.2. The molecule has 0 bridgehead atoms. The van der Waals surface area contributed by atoms with Crippen LogP contribution in [0.25, 0.3) is 22.1 Å². The molecule has 0 saturated carbocycles. The van der Waals surface area contributed by atoms with Gasteiger partial charge in [0.25, 0.3) is 0 Å². The molecule has 6 aromatic carbocycles. The van der Waals surface area contributed by atoms with Crippen molar-refractivity contribution in [2.75, 3.05) is 10.9 Å².